The number of ether oxygens (including phenoxy) is 3. The first-order valence-electron chi connectivity index (χ1n) is 12.0. The summed E-state index contributed by atoms with van der Waals surface area (Å²) >= 11 is 0. The minimum Gasteiger partial charge on any atom is -0.447 e. The lowest BCUT2D eigenvalue weighted by Gasteiger charge is -2.25. The molecule has 0 bridgehead atoms. The number of carbonyl (C=O) groups is 2. The van der Waals surface area contributed by atoms with Crippen LogP contribution < -0.4 is 15.5 Å². The number of para-hydroxylation sites is 2. The third-order valence-electron chi connectivity index (χ3n) is 5.78. The van der Waals surface area contributed by atoms with E-state index in [0.29, 0.717) is 37.7 Å². The lowest BCUT2D eigenvalue weighted by atomic mass is 10.2. The molecular weight excluding hydrogens is 494 g/mol. The van der Waals surface area contributed by atoms with Crippen LogP contribution in [0.3, 0.4) is 0 Å². The van der Waals surface area contributed by atoms with E-state index in [0.717, 1.165) is 11.1 Å². The van der Waals surface area contributed by atoms with Crippen molar-refractivity contribution >= 4 is 35.8 Å². The fourth-order valence-corrected chi connectivity index (χ4v) is 3.97. The van der Waals surface area contributed by atoms with Gasteiger partial charge in [0.2, 0.25) is 5.91 Å². The average Bonchev–Trinajstić information content (AvgIpc) is 3.02. The molecule has 8 nitrogen and oxygen atoms in total. The van der Waals surface area contributed by atoms with Crippen molar-refractivity contribution in [2.45, 2.75) is 19.3 Å². The van der Waals surface area contributed by atoms with Crippen molar-refractivity contribution in [3.05, 3.63) is 96.1 Å². The molecule has 0 saturated heterocycles. The van der Waals surface area contributed by atoms with Gasteiger partial charge in [0.25, 0.3) is 0 Å². The fourth-order valence-electron chi connectivity index (χ4n) is 3.97. The van der Waals surface area contributed by atoms with Crippen molar-refractivity contribution in [1.29, 1.82) is 0 Å². The lowest BCUT2D eigenvalue weighted by Crippen LogP contribution is -2.49. The van der Waals surface area contributed by atoms with Gasteiger partial charge in [0, 0.05) is 6.54 Å². The molecule has 196 valence electrons. The highest BCUT2D eigenvalue weighted by atomic mass is 35.5. The normalized spacial score (nSPS) is 14.9. The molecule has 1 aliphatic heterocycles. The number of hydrogen-bond acceptors (Lipinski definition) is 6. The molecule has 37 heavy (non-hydrogen) atoms. The van der Waals surface area contributed by atoms with E-state index >= 15 is 0 Å². The van der Waals surface area contributed by atoms with Crippen LogP contribution in [0.4, 0.5) is 16.2 Å². The van der Waals surface area contributed by atoms with Gasteiger partial charge in [-0.1, -0.05) is 72.8 Å². The first-order chi connectivity index (χ1) is 17.6. The maximum atomic E-state index is 13.1. The molecule has 0 saturated carbocycles. The Morgan fingerprint density at radius 3 is 1.95 bits per heavy atom. The van der Waals surface area contributed by atoms with Crippen molar-refractivity contribution < 1.29 is 23.8 Å². The Kier molecular flexibility index (Phi) is 10.9. The topological polar surface area (TPSA) is 94.3 Å². The second-order valence-electron chi connectivity index (χ2n) is 8.39. The van der Waals surface area contributed by atoms with E-state index < -0.39 is 12.1 Å². The van der Waals surface area contributed by atoms with Crippen molar-refractivity contribution in [1.82, 2.24) is 0 Å². The van der Waals surface area contributed by atoms with Crippen LogP contribution in [0.25, 0.3) is 0 Å². The summed E-state index contributed by atoms with van der Waals surface area (Å²) in [6.07, 6.45) is -0.573. The number of amides is 2. The Balaban J connectivity index is 0.00000380. The van der Waals surface area contributed by atoms with Gasteiger partial charge in [0.15, 0.2) is 0 Å². The summed E-state index contributed by atoms with van der Waals surface area (Å²) in [5.74, 6) is -0.271. The zero-order chi connectivity index (χ0) is 25.2. The van der Waals surface area contributed by atoms with Crippen LogP contribution in [0.5, 0.6) is 0 Å². The highest BCUT2D eigenvalue weighted by Gasteiger charge is 2.34. The summed E-state index contributed by atoms with van der Waals surface area (Å²) in [7, 11) is 0. The molecule has 0 spiro atoms. The quantitative estimate of drug-likeness (QED) is 0.399. The van der Waals surface area contributed by atoms with Crippen LogP contribution in [0.2, 0.25) is 0 Å². The maximum Gasteiger partial charge on any atom is 0.414 e. The van der Waals surface area contributed by atoms with Gasteiger partial charge >= 0.3 is 6.09 Å². The predicted molar refractivity (Wildman–Crippen MR) is 145 cm³/mol. The minimum absolute atomic E-state index is 0. The van der Waals surface area contributed by atoms with Crippen LogP contribution in [-0.2, 0) is 32.2 Å². The Bertz CT molecular complexity index is 1130. The molecule has 2 N–H and O–H groups in total. The molecule has 0 aliphatic carbocycles. The van der Waals surface area contributed by atoms with Crippen LogP contribution in [0.1, 0.15) is 11.1 Å². The number of hydrogen-bond donors (Lipinski definition) is 1. The third kappa shape index (κ3) is 7.77. The summed E-state index contributed by atoms with van der Waals surface area (Å²) < 4.78 is 16.8. The molecule has 0 fully saturated rings. The van der Waals surface area contributed by atoms with Crippen LogP contribution in [0.15, 0.2) is 84.9 Å². The smallest absolute Gasteiger partial charge is 0.414 e. The summed E-state index contributed by atoms with van der Waals surface area (Å²) in [5, 5.41) is 0. The molecule has 2 amide bonds. The van der Waals surface area contributed by atoms with E-state index in [4.69, 9.17) is 19.9 Å². The molecule has 3 aromatic carbocycles. The van der Waals surface area contributed by atoms with Gasteiger partial charge in [-0.2, -0.15) is 0 Å². The molecule has 1 atom stereocenters. The van der Waals surface area contributed by atoms with Gasteiger partial charge in [-0.05, 0) is 23.3 Å². The third-order valence-corrected chi connectivity index (χ3v) is 5.78. The van der Waals surface area contributed by atoms with Crippen molar-refractivity contribution in [2.75, 3.05) is 42.7 Å². The van der Waals surface area contributed by atoms with E-state index in [1.807, 2.05) is 72.8 Å². The number of anilines is 2. The van der Waals surface area contributed by atoms with Gasteiger partial charge in [-0.15, -0.1) is 12.4 Å². The average molecular weight is 526 g/mol. The highest BCUT2D eigenvalue weighted by Crippen LogP contribution is 2.32. The number of nitrogens with zero attached hydrogens (tertiary/aromatic N) is 2. The van der Waals surface area contributed by atoms with Gasteiger partial charge in [-0.3, -0.25) is 9.69 Å². The molecule has 0 aromatic heterocycles. The van der Waals surface area contributed by atoms with Crippen LogP contribution >= 0.6 is 12.4 Å². The second kappa shape index (κ2) is 14.3. The number of rotatable bonds is 10. The highest BCUT2D eigenvalue weighted by molar-refractivity contribution is 6.05. The summed E-state index contributed by atoms with van der Waals surface area (Å²) in [6, 6.07) is 25.9. The summed E-state index contributed by atoms with van der Waals surface area (Å²) in [4.78, 5) is 29.1. The molecule has 1 heterocycles. The number of halogens is 1. The first kappa shape index (κ1) is 28.1. The fraction of sp³-hybridized carbons (Fsp3) is 0.286. The predicted octanol–water partition coefficient (Wildman–Crippen LogP) is 4.16. The Morgan fingerprint density at radius 1 is 0.784 bits per heavy atom. The molecule has 1 aliphatic rings. The van der Waals surface area contributed by atoms with Gasteiger partial charge in [0.05, 0.1) is 44.3 Å². The minimum atomic E-state index is -0.895. The molecule has 0 radical (unpaired) electrons. The summed E-state index contributed by atoms with van der Waals surface area (Å²) in [5.41, 5.74) is 9.46. The van der Waals surface area contributed by atoms with Crippen molar-refractivity contribution in [3.8, 4) is 0 Å². The zero-order valence-corrected chi connectivity index (χ0v) is 21.3. The molecule has 1 unspecified atom stereocenters. The van der Waals surface area contributed by atoms with Gasteiger partial charge < -0.3 is 24.8 Å². The van der Waals surface area contributed by atoms with E-state index in [2.05, 4.69) is 0 Å². The number of carbonyl (C=O) groups excluding carboxylic acids is 2. The van der Waals surface area contributed by atoms with Gasteiger partial charge in [0.1, 0.15) is 12.6 Å². The monoisotopic (exact) mass is 525 g/mol. The van der Waals surface area contributed by atoms with Gasteiger partial charge in [-0.25, -0.2) is 4.79 Å². The largest absolute Gasteiger partial charge is 0.447 e. The van der Waals surface area contributed by atoms with E-state index in [9.17, 15) is 9.59 Å². The van der Waals surface area contributed by atoms with Crippen LogP contribution in [-0.4, -0.2) is 51.0 Å². The maximum absolute atomic E-state index is 13.1. The Hall–Kier alpha value is -3.43. The lowest BCUT2D eigenvalue weighted by molar-refractivity contribution is -0.119. The van der Waals surface area contributed by atoms with Crippen molar-refractivity contribution in [2.24, 2.45) is 5.73 Å². The van der Waals surface area contributed by atoms with E-state index in [1.54, 1.807) is 17.0 Å². The van der Waals surface area contributed by atoms with E-state index in [1.165, 1.54) is 4.90 Å². The van der Waals surface area contributed by atoms with Crippen molar-refractivity contribution in [3.63, 3.8) is 0 Å². The Morgan fingerprint density at radius 2 is 1.32 bits per heavy atom. The number of nitrogens with two attached hydrogens (primary N) is 1. The Labute approximate surface area is 223 Å². The van der Waals surface area contributed by atoms with E-state index in [-0.39, 0.29) is 38.1 Å². The number of fused-ring (bicyclic) bond motifs is 1. The zero-order valence-electron chi connectivity index (χ0n) is 20.5. The first-order valence-corrected chi connectivity index (χ1v) is 12.0. The molecular formula is C28H32ClN3O5. The van der Waals surface area contributed by atoms with Crippen LogP contribution in [0, 0.1) is 0 Å². The molecule has 3 aromatic rings. The second-order valence-corrected chi connectivity index (χ2v) is 8.39. The molecule has 4 rings (SSSR count). The summed E-state index contributed by atoms with van der Waals surface area (Å²) in [6.45, 7) is 1.88. The molecule has 9 heteroatoms. The standard InChI is InChI=1S/C28H31N3O5.ClH/c29-24-19-31(28(33)36-18-17-35-21-23-11-5-2-6-12-23)26-14-8-7-13-25(26)30(27(24)32)15-16-34-20-22-9-3-1-4-10-22;/h1-14,24H,15-21,29H2;1H. The SMILES string of the molecule is Cl.NC1CN(C(=O)OCCOCc2ccccc2)c2ccccc2N(CCOCc2ccccc2)C1=O. The number of benzene rings is 3.